The second-order valence-electron chi connectivity index (χ2n) is 7.60. The summed E-state index contributed by atoms with van der Waals surface area (Å²) in [5, 5.41) is 10.3. The fourth-order valence-electron chi connectivity index (χ4n) is 3.60. The van der Waals surface area contributed by atoms with Crippen LogP contribution in [0.3, 0.4) is 0 Å². The highest BCUT2D eigenvalue weighted by Crippen LogP contribution is 2.29. The Hall–Kier alpha value is -3.88. The zero-order valence-corrected chi connectivity index (χ0v) is 17.5. The van der Waals surface area contributed by atoms with Crippen molar-refractivity contribution in [3.8, 4) is 29.0 Å². The van der Waals surface area contributed by atoms with Crippen molar-refractivity contribution >= 4 is 10.8 Å². The van der Waals surface area contributed by atoms with Gasteiger partial charge in [0.05, 0.1) is 11.6 Å². The number of nitrogens with zero attached hydrogens (tertiary/aromatic N) is 1. The van der Waals surface area contributed by atoms with Crippen LogP contribution in [0.1, 0.15) is 42.0 Å². The topological polar surface area (TPSA) is 23.8 Å². The van der Waals surface area contributed by atoms with Crippen molar-refractivity contribution in [2.45, 2.75) is 26.2 Å². The van der Waals surface area contributed by atoms with E-state index in [0.29, 0.717) is 16.5 Å². The Bertz CT molecular complexity index is 1310. The van der Waals surface area contributed by atoms with E-state index in [9.17, 15) is 0 Å². The third kappa shape index (κ3) is 4.66. The summed E-state index contributed by atoms with van der Waals surface area (Å²) in [6.45, 7) is 2.20. The number of fused-ring (bicyclic) bond motifs is 1. The molecule has 0 aliphatic carbocycles. The lowest BCUT2D eigenvalue weighted by molar-refractivity contribution is 0.643. The molecule has 0 bridgehead atoms. The van der Waals surface area contributed by atoms with Gasteiger partial charge in [0.1, 0.15) is 5.82 Å². The minimum Gasteiger partial charge on any atom is -0.206 e. The molecule has 0 heterocycles. The van der Waals surface area contributed by atoms with Gasteiger partial charge in [-0.25, -0.2) is 4.39 Å². The van der Waals surface area contributed by atoms with Gasteiger partial charge in [-0.1, -0.05) is 67.6 Å². The van der Waals surface area contributed by atoms with Crippen LogP contribution in [0.5, 0.6) is 0 Å². The monoisotopic (exact) mass is 403 g/mol. The molecular weight excluding hydrogens is 381 g/mol. The number of hydrogen-bond donors (Lipinski definition) is 0. The first-order chi connectivity index (χ1) is 15.2. The standard InChI is InChI=1S/C29H22FN/c1-2-3-4-21-5-7-22(8-6-21)9-10-23-13-17-28-26(19-23)16-18-27(29(28)30)25-14-11-24(20-31)12-15-25/h5-8,11-19H,2-4H2,1H3. The predicted octanol–water partition coefficient (Wildman–Crippen LogP) is 7.26. The van der Waals surface area contributed by atoms with Gasteiger partial charge in [0, 0.05) is 22.1 Å². The zero-order valence-electron chi connectivity index (χ0n) is 17.5. The van der Waals surface area contributed by atoms with Crippen LogP contribution < -0.4 is 0 Å². The van der Waals surface area contributed by atoms with E-state index in [-0.39, 0.29) is 5.82 Å². The molecule has 0 unspecified atom stereocenters. The molecular formula is C29H22FN. The summed E-state index contributed by atoms with van der Waals surface area (Å²) in [7, 11) is 0. The van der Waals surface area contributed by atoms with Crippen LogP contribution in [-0.4, -0.2) is 0 Å². The molecule has 0 aliphatic rings. The van der Waals surface area contributed by atoms with Crippen molar-refractivity contribution in [2.75, 3.05) is 0 Å². The van der Waals surface area contributed by atoms with Gasteiger partial charge in [-0.15, -0.1) is 0 Å². The van der Waals surface area contributed by atoms with Crippen LogP contribution in [0.25, 0.3) is 21.9 Å². The number of aryl methyl sites for hydroxylation is 1. The number of benzene rings is 4. The lowest BCUT2D eigenvalue weighted by Gasteiger charge is -2.07. The Labute approximate surface area is 182 Å². The molecule has 0 spiro atoms. The number of rotatable bonds is 4. The Balaban J connectivity index is 1.59. The summed E-state index contributed by atoms with van der Waals surface area (Å²) >= 11 is 0. The van der Waals surface area contributed by atoms with Crippen molar-refractivity contribution in [2.24, 2.45) is 0 Å². The van der Waals surface area contributed by atoms with Crippen molar-refractivity contribution < 1.29 is 4.39 Å². The van der Waals surface area contributed by atoms with E-state index in [0.717, 1.165) is 28.5 Å². The number of unbranched alkanes of at least 4 members (excludes halogenated alkanes) is 1. The van der Waals surface area contributed by atoms with Crippen LogP contribution >= 0.6 is 0 Å². The molecule has 0 saturated carbocycles. The lowest BCUT2D eigenvalue weighted by atomic mass is 9.98. The van der Waals surface area contributed by atoms with E-state index in [4.69, 9.17) is 5.26 Å². The average Bonchev–Trinajstić information content (AvgIpc) is 2.82. The minimum absolute atomic E-state index is 0.260. The Morgan fingerprint density at radius 2 is 1.45 bits per heavy atom. The lowest BCUT2D eigenvalue weighted by Crippen LogP contribution is -1.88. The van der Waals surface area contributed by atoms with Crippen LogP contribution in [0.2, 0.25) is 0 Å². The molecule has 31 heavy (non-hydrogen) atoms. The van der Waals surface area contributed by atoms with Gasteiger partial charge in [0.25, 0.3) is 0 Å². The molecule has 1 nitrogen and oxygen atoms in total. The Kier molecular flexibility index (Phi) is 6.11. The number of hydrogen-bond acceptors (Lipinski definition) is 1. The third-order valence-corrected chi connectivity index (χ3v) is 5.40. The molecule has 4 rings (SSSR count). The molecule has 0 N–H and O–H groups in total. The zero-order chi connectivity index (χ0) is 21.6. The molecule has 150 valence electrons. The van der Waals surface area contributed by atoms with Crippen LogP contribution in [-0.2, 0) is 6.42 Å². The van der Waals surface area contributed by atoms with E-state index in [1.54, 1.807) is 36.4 Å². The molecule has 2 heteroatoms. The molecule has 0 radical (unpaired) electrons. The molecule has 4 aromatic carbocycles. The minimum atomic E-state index is -0.260. The van der Waals surface area contributed by atoms with Crippen molar-refractivity contribution in [1.29, 1.82) is 5.26 Å². The van der Waals surface area contributed by atoms with Gasteiger partial charge in [-0.05, 0) is 65.8 Å². The first kappa shape index (κ1) is 20.4. The van der Waals surface area contributed by atoms with Gasteiger partial charge in [-0.3, -0.25) is 0 Å². The molecule has 0 aromatic heterocycles. The van der Waals surface area contributed by atoms with Crippen molar-refractivity contribution in [3.63, 3.8) is 0 Å². The summed E-state index contributed by atoms with van der Waals surface area (Å²) in [6.07, 6.45) is 3.50. The summed E-state index contributed by atoms with van der Waals surface area (Å²) in [5.74, 6) is 6.13. The molecule has 4 aromatic rings. The summed E-state index contributed by atoms with van der Waals surface area (Å²) in [6, 6.07) is 26.7. The molecule has 0 amide bonds. The van der Waals surface area contributed by atoms with Gasteiger partial charge in [0.2, 0.25) is 0 Å². The van der Waals surface area contributed by atoms with Crippen LogP contribution in [0.15, 0.2) is 78.9 Å². The largest absolute Gasteiger partial charge is 0.206 e. The third-order valence-electron chi connectivity index (χ3n) is 5.40. The molecule has 0 aliphatic heterocycles. The van der Waals surface area contributed by atoms with Gasteiger partial charge in [0.15, 0.2) is 0 Å². The quantitative estimate of drug-likeness (QED) is 0.329. The summed E-state index contributed by atoms with van der Waals surface area (Å²) in [5.41, 5.74) is 5.01. The van der Waals surface area contributed by atoms with E-state index in [1.807, 2.05) is 18.2 Å². The molecule has 0 atom stereocenters. The summed E-state index contributed by atoms with van der Waals surface area (Å²) in [4.78, 5) is 0. The van der Waals surface area contributed by atoms with E-state index in [1.165, 1.54) is 18.4 Å². The van der Waals surface area contributed by atoms with Crippen LogP contribution in [0.4, 0.5) is 4.39 Å². The summed E-state index contributed by atoms with van der Waals surface area (Å²) < 4.78 is 15.1. The van der Waals surface area contributed by atoms with Crippen molar-refractivity contribution in [3.05, 3.63) is 107 Å². The van der Waals surface area contributed by atoms with Crippen molar-refractivity contribution in [1.82, 2.24) is 0 Å². The second-order valence-corrected chi connectivity index (χ2v) is 7.60. The normalized spacial score (nSPS) is 10.4. The Morgan fingerprint density at radius 3 is 2.16 bits per heavy atom. The molecule has 0 saturated heterocycles. The van der Waals surface area contributed by atoms with Gasteiger partial charge < -0.3 is 0 Å². The highest BCUT2D eigenvalue weighted by molar-refractivity contribution is 5.89. The predicted molar refractivity (Wildman–Crippen MR) is 125 cm³/mol. The fourth-order valence-corrected chi connectivity index (χ4v) is 3.60. The smallest absolute Gasteiger partial charge is 0.138 e. The SMILES string of the molecule is CCCCc1ccc(C#Cc2ccc3c(F)c(-c4ccc(C#N)cc4)ccc3c2)cc1. The maximum Gasteiger partial charge on any atom is 0.138 e. The molecule has 0 fully saturated rings. The van der Waals surface area contributed by atoms with E-state index in [2.05, 4.69) is 49.1 Å². The van der Waals surface area contributed by atoms with E-state index < -0.39 is 0 Å². The van der Waals surface area contributed by atoms with Crippen LogP contribution in [0, 0.1) is 29.0 Å². The first-order valence-corrected chi connectivity index (χ1v) is 10.5. The second kappa shape index (κ2) is 9.29. The highest BCUT2D eigenvalue weighted by atomic mass is 19.1. The van der Waals surface area contributed by atoms with Gasteiger partial charge >= 0.3 is 0 Å². The Morgan fingerprint density at radius 1 is 0.774 bits per heavy atom. The maximum absolute atomic E-state index is 15.1. The highest BCUT2D eigenvalue weighted by Gasteiger charge is 2.10. The first-order valence-electron chi connectivity index (χ1n) is 10.5. The number of halogens is 1. The fraction of sp³-hybridized carbons (Fsp3) is 0.138. The number of nitriles is 1. The van der Waals surface area contributed by atoms with E-state index >= 15 is 4.39 Å². The average molecular weight is 404 g/mol. The maximum atomic E-state index is 15.1. The van der Waals surface area contributed by atoms with Gasteiger partial charge in [-0.2, -0.15) is 5.26 Å².